The molecule has 0 spiro atoms. The first-order chi connectivity index (χ1) is 7.27. The number of halogens is 1. The summed E-state index contributed by atoms with van der Waals surface area (Å²) in [5.41, 5.74) is 0. The highest BCUT2D eigenvalue weighted by Crippen LogP contribution is 2.27. The van der Waals surface area contributed by atoms with E-state index in [1.807, 2.05) is 0 Å². The predicted molar refractivity (Wildman–Crippen MR) is 54.3 cm³/mol. The molecule has 1 saturated carbocycles. The Balaban J connectivity index is 2.15. The van der Waals surface area contributed by atoms with Gasteiger partial charge in [0.25, 0.3) is 0 Å². The molecule has 0 N–H and O–H groups in total. The average Bonchev–Trinajstić information content (AvgIpc) is 2.29. The molecule has 0 unspecified atom stereocenters. The van der Waals surface area contributed by atoms with E-state index in [0.717, 1.165) is 25.7 Å². The molecule has 4 heteroatoms. The van der Waals surface area contributed by atoms with Crippen LogP contribution in [0.15, 0.2) is 0 Å². The molecule has 0 atom stereocenters. The van der Waals surface area contributed by atoms with E-state index in [-0.39, 0.29) is 24.7 Å². The van der Waals surface area contributed by atoms with Crippen LogP contribution in [0.5, 0.6) is 0 Å². The monoisotopic (exact) mass is 218 g/mol. The number of carbonyl (C=O) groups is 1. The molecule has 15 heavy (non-hydrogen) atoms. The van der Waals surface area contributed by atoms with E-state index in [0.29, 0.717) is 13.0 Å². The second-order valence-corrected chi connectivity index (χ2v) is 3.91. The Morgan fingerprint density at radius 1 is 1.33 bits per heavy atom. The third-order valence-electron chi connectivity index (χ3n) is 2.84. The first-order valence-corrected chi connectivity index (χ1v) is 5.53. The van der Waals surface area contributed by atoms with Gasteiger partial charge in [-0.25, -0.2) is 0 Å². The second kappa shape index (κ2) is 6.77. The van der Waals surface area contributed by atoms with Gasteiger partial charge in [0.1, 0.15) is 0 Å². The van der Waals surface area contributed by atoms with Crippen LogP contribution < -0.4 is 0 Å². The Kier molecular flexibility index (Phi) is 5.61. The van der Waals surface area contributed by atoms with Crippen molar-refractivity contribution < 1.29 is 18.7 Å². The lowest BCUT2D eigenvalue weighted by atomic mass is 9.87. The van der Waals surface area contributed by atoms with Crippen molar-refractivity contribution in [1.82, 2.24) is 0 Å². The van der Waals surface area contributed by atoms with Gasteiger partial charge < -0.3 is 9.47 Å². The smallest absolute Gasteiger partial charge is 0.308 e. The lowest BCUT2D eigenvalue weighted by Crippen LogP contribution is -2.27. The molecule has 1 aliphatic carbocycles. The molecule has 0 radical (unpaired) electrons. The van der Waals surface area contributed by atoms with E-state index in [9.17, 15) is 9.18 Å². The van der Waals surface area contributed by atoms with E-state index < -0.39 is 0 Å². The zero-order valence-corrected chi connectivity index (χ0v) is 9.21. The van der Waals surface area contributed by atoms with Gasteiger partial charge in [-0.1, -0.05) is 0 Å². The molecule has 0 bridgehead atoms. The van der Waals surface area contributed by atoms with Crippen molar-refractivity contribution in [3.63, 3.8) is 0 Å². The van der Waals surface area contributed by atoms with Crippen LogP contribution in [0.25, 0.3) is 0 Å². The van der Waals surface area contributed by atoms with Crippen molar-refractivity contribution in [1.29, 1.82) is 0 Å². The largest absolute Gasteiger partial charge is 0.469 e. The maximum Gasteiger partial charge on any atom is 0.308 e. The summed E-state index contributed by atoms with van der Waals surface area (Å²) in [4.78, 5) is 11.2. The molecule has 0 aromatic heterocycles. The van der Waals surface area contributed by atoms with Gasteiger partial charge in [-0.3, -0.25) is 9.18 Å². The Hall–Kier alpha value is -0.640. The summed E-state index contributed by atoms with van der Waals surface area (Å²) in [6, 6.07) is 0. The third-order valence-corrected chi connectivity index (χ3v) is 2.84. The highest BCUT2D eigenvalue weighted by Gasteiger charge is 2.26. The molecule has 0 aromatic carbocycles. The maximum absolute atomic E-state index is 11.8. The van der Waals surface area contributed by atoms with Crippen LogP contribution in [0.3, 0.4) is 0 Å². The molecule has 88 valence electrons. The summed E-state index contributed by atoms with van der Waals surface area (Å²) in [7, 11) is 1.42. The maximum atomic E-state index is 11.8. The molecule has 0 amide bonds. The molecular formula is C11H19FO3. The topological polar surface area (TPSA) is 35.5 Å². The zero-order chi connectivity index (χ0) is 11.1. The summed E-state index contributed by atoms with van der Waals surface area (Å²) in [6.07, 6.45) is 4.09. The van der Waals surface area contributed by atoms with E-state index in [2.05, 4.69) is 0 Å². The van der Waals surface area contributed by atoms with Crippen LogP contribution in [-0.2, 0) is 14.3 Å². The Morgan fingerprint density at radius 3 is 2.53 bits per heavy atom. The molecule has 0 saturated heterocycles. The van der Waals surface area contributed by atoms with Gasteiger partial charge in [0.05, 0.1) is 25.8 Å². The molecular weight excluding hydrogens is 199 g/mol. The molecule has 1 rings (SSSR count). The molecule has 0 heterocycles. The molecule has 1 fully saturated rings. The fourth-order valence-electron chi connectivity index (χ4n) is 1.94. The van der Waals surface area contributed by atoms with Crippen molar-refractivity contribution in [2.45, 2.75) is 38.2 Å². The minimum absolute atomic E-state index is 0.0380. The van der Waals surface area contributed by atoms with Crippen molar-refractivity contribution >= 4 is 5.97 Å². The van der Waals surface area contributed by atoms with E-state index in [1.165, 1.54) is 7.11 Å². The van der Waals surface area contributed by atoms with Gasteiger partial charge in [0.2, 0.25) is 0 Å². The van der Waals surface area contributed by atoms with E-state index in [1.54, 1.807) is 0 Å². The minimum atomic E-state index is -0.322. The van der Waals surface area contributed by atoms with E-state index >= 15 is 0 Å². The normalized spacial score (nSPS) is 26.3. The fourth-order valence-corrected chi connectivity index (χ4v) is 1.94. The van der Waals surface area contributed by atoms with Gasteiger partial charge in [-0.05, 0) is 32.1 Å². The van der Waals surface area contributed by atoms with Crippen LogP contribution in [0.1, 0.15) is 32.1 Å². The van der Waals surface area contributed by atoms with Gasteiger partial charge in [0.15, 0.2) is 0 Å². The highest BCUT2D eigenvalue weighted by atomic mass is 19.1. The van der Waals surface area contributed by atoms with Crippen LogP contribution >= 0.6 is 0 Å². The number of rotatable bonds is 5. The number of hydrogen-bond donors (Lipinski definition) is 0. The van der Waals surface area contributed by atoms with Crippen molar-refractivity contribution in [2.75, 3.05) is 20.4 Å². The van der Waals surface area contributed by atoms with Crippen LogP contribution in [0, 0.1) is 5.92 Å². The lowest BCUT2D eigenvalue weighted by Gasteiger charge is -2.26. The number of ether oxygens (including phenoxy) is 2. The first-order valence-electron chi connectivity index (χ1n) is 5.53. The SMILES string of the molecule is COC(=O)C1CCC(OCCCF)CC1. The third kappa shape index (κ3) is 4.16. The molecule has 3 nitrogen and oxygen atoms in total. The highest BCUT2D eigenvalue weighted by molar-refractivity contribution is 5.72. The fraction of sp³-hybridized carbons (Fsp3) is 0.909. The number of hydrogen-bond acceptors (Lipinski definition) is 3. The summed E-state index contributed by atoms with van der Waals surface area (Å²) < 4.78 is 22.0. The summed E-state index contributed by atoms with van der Waals surface area (Å²) in [5, 5.41) is 0. The van der Waals surface area contributed by atoms with Crippen LogP contribution in [-0.4, -0.2) is 32.5 Å². The number of carbonyl (C=O) groups excluding carboxylic acids is 1. The molecule has 1 aliphatic rings. The summed E-state index contributed by atoms with van der Waals surface area (Å²) in [5.74, 6) is -0.0757. The zero-order valence-electron chi connectivity index (χ0n) is 9.21. The van der Waals surface area contributed by atoms with Crippen molar-refractivity contribution in [3.8, 4) is 0 Å². The van der Waals surface area contributed by atoms with Gasteiger partial charge >= 0.3 is 5.97 Å². The van der Waals surface area contributed by atoms with Crippen molar-refractivity contribution in [2.24, 2.45) is 5.92 Å². The predicted octanol–water partition coefficient (Wildman–Crippen LogP) is 2.09. The first kappa shape index (κ1) is 12.4. The number of alkyl halides is 1. The van der Waals surface area contributed by atoms with E-state index in [4.69, 9.17) is 9.47 Å². The summed E-state index contributed by atoms with van der Waals surface area (Å²) >= 11 is 0. The Morgan fingerprint density at radius 2 is 2.00 bits per heavy atom. The van der Waals surface area contributed by atoms with Crippen LogP contribution in [0.4, 0.5) is 4.39 Å². The number of esters is 1. The van der Waals surface area contributed by atoms with Crippen molar-refractivity contribution in [3.05, 3.63) is 0 Å². The second-order valence-electron chi connectivity index (χ2n) is 3.91. The standard InChI is InChI=1S/C11H19FO3/c1-14-11(13)9-3-5-10(6-4-9)15-8-2-7-12/h9-10H,2-8H2,1H3. The van der Waals surface area contributed by atoms with Gasteiger partial charge in [0, 0.05) is 6.61 Å². The Labute approximate surface area is 89.9 Å². The number of methoxy groups -OCH3 is 1. The summed E-state index contributed by atoms with van der Waals surface area (Å²) in [6.45, 7) is 0.168. The lowest BCUT2D eigenvalue weighted by molar-refractivity contribution is -0.147. The molecule has 0 aromatic rings. The quantitative estimate of drug-likeness (QED) is 0.523. The molecule has 0 aliphatic heterocycles. The van der Waals surface area contributed by atoms with Gasteiger partial charge in [-0.2, -0.15) is 0 Å². The Bertz CT molecular complexity index is 188. The van der Waals surface area contributed by atoms with Crippen LogP contribution in [0.2, 0.25) is 0 Å². The van der Waals surface area contributed by atoms with Gasteiger partial charge in [-0.15, -0.1) is 0 Å². The minimum Gasteiger partial charge on any atom is -0.469 e. The average molecular weight is 218 g/mol.